The molecule has 2 atom stereocenters. The molecule has 0 spiro atoms. The lowest BCUT2D eigenvalue weighted by molar-refractivity contribution is -0.145. The Morgan fingerprint density at radius 3 is 2.43 bits per heavy atom. The van der Waals surface area contributed by atoms with E-state index in [0.717, 1.165) is 4.90 Å². The van der Waals surface area contributed by atoms with Crippen molar-refractivity contribution in [3.8, 4) is 0 Å². The third-order valence-electron chi connectivity index (χ3n) is 2.37. The fourth-order valence-electron chi connectivity index (χ4n) is 1.56. The lowest BCUT2D eigenvalue weighted by Gasteiger charge is -2.33. The van der Waals surface area contributed by atoms with Crippen LogP contribution in [0, 0.1) is 5.92 Å². The smallest absolute Gasteiger partial charge is 0.407 e. The number of rotatable bonds is 2. The van der Waals surface area contributed by atoms with Crippen LogP contribution in [0.15, 0.2) is 0 Å². The Kier molecular flexibility index (Phi) is 3.29. The predicted octanol–water partition coefficient (Wildman–Crippen LogP) is 0.0859. The molecule has 0 aromatic heterocycles. The average molecular weight is 203 g/mol. The Balaban J connectivity index is 2.66. The number of aliphatic carboxylic acids is 1. The van der Waals surface area contributed by atoms with Crippen LogP contribution >= 0.6 is 0 Å². The second-order valence-electron chi connectivity index (χ2n) is 3.32. The first-order chi connectivity index (χ1) is 6.54. The summed E-state index contributed by atoms with van der Waals surface area (Å²) in [7, 11) is 1.45. The molecule has 0 saturated carbocycles. The van der Waals surface area contributed by atoms with Crippen LogP contribution in [0.1, 0.15) is 6.42 Å². The molecule has 1 heterocycles. The molecule has 14 heavy (non-hydrogen) atoms. The van der Waals surface area contributed by atoms with E-state index in [-0.39, 0.29) is 19.2 Å². The number of methoxy groups -OCH3 is 1. The van der Waals surface area contributed by atoms with Crippen molar-refractivity contribution in [2.45, 2.75) is 12.5 Å². The second kappa shape index (κ2) is 4.28. The number of piperidine rings is 1. The standard InChI is InChI=1S/C8H13NO5/c1-14-6-2-5(7(10)11)3-9(4-6)8(12)13/h5-6H,2-4H2,1H3,(H,10,11)(H,12,13)/t5-,6-/m0/s1. The zero-order valence-corrected chi connectivity index (χ0v) is 7.84. The number of amides is 1. The molecule has 6 nitrogen and oxygen atoms in total. The number of hydrogen-bond donors (Lipinski definition) is 2. The van der Waals surface area contributed by atoms with Crippen molar-refractivity contribution in [3.63, 3.8) is 0 Å². The molecule has 1 amide bonds. The summed E-state index contributed by atoms with van der Waals surface area (Å²) in [5, 5.41) is 17.5. The van der Waals surface area contributed by atoms with Gasteiger partial charge in [0.25, 0.3) is 0 Å². The van der Waals surface area contributed by atoms with Gasteiger partial charge in [0.2, 0.25) is 0 Å². The van der Waals surface area contributed by atoms with Gasteiger partial charge in [-0.3, -0.25) is 4.79 Å². The van der Waals surface area contributed by atoms with Crippen LogP contribution in [-0.2, 0) is 9.53 Å². The molecule has 0 aliphatic carbocycles. The van der Waals surface area contributed by atoms with E-state index < -0.39 is 18.0 Å². The topological polar surface area (TPSA) is 87.1 Å². The molecule has 1 fully saturated rings. The van der Waals surface area contributed by atoms with E-state index in [2.05, 4.69) is 0 Å². The third-order valence-corrected chi connectivity index (χ3v) is 2.37. The van der Waals surface area contributed by atoms with E-state index in [1.54, 1.807) is 0 Å². The van der Waals surface area contributed by atoms with E-state index in [1.165, 1.54) is 7.11 Å². The van der Waals surface area contributed by atoms with Crippen molar-refractivity contribution in [1.82, 2.24) is 4.90 Å². The van der Waals surface area contributed by atoms with Crippen molar-refractivity contribution < 1.29 is 24.5 Å². The number of ether oxygens (including phenoxy) is 1. The number of carboxylic acids is 1. The van der Waals surface area contributed by atoms with Crippen LogP contribution in [0.5, 0.6) is 0 Å². The first-order valence-corrected chi connectivity index (χ1v) is 4.28. The Labute approximate surface area is 81.1 Å². The lowest BCUT2D eigenvalue weighted by atomic mass is 9.96. The summed E-state index contributed by atoms with van der Waals surface area (Å²) in [4.78, 5) is 22.5. The van der Waals surface area contributed by atoms with Gasteiger partial charge in [-0.15, -0.1) is 0 Å². The zero-order chi connectivity index (χ0) is 10.7. The van der Waals surface area contributed by atoms with Crippen LogP contribution < -0.4 is 0 Å². The normalized spacial score (nSPS) is 27.4. The summed E-state index contributed by atoms with van der Waals surface area (Å²) in [6.07, 6.45) is -1.05. The van der Waals surface area contributed by atoms with E-state index in [9.17, 15) is 9.59 Å². The van der Waals surface area contributed by atoms with E-state index in [4.69, 9.17) is 14.9 Å². The first-order valence-electron chi connectivity index (χ1n) is 4.28. The summed E-state index contributed by atoms with van der Waals surface area (Å²) < 4.78 is 4.98. The molecule has 2 N–H and O–H groups in total. The highest BCUT2D eigenvalue weighted by Gasteiger charge is 2.33. The van der Waals surface area contributed by atoms with Crippen molar-refractivity contribution in [1.29, 1.82) is 0 Å². The molecule has 80 valence electrons. The zero-order valence-electron chi connectivity index (χ0n) is 7.84. The Bertz CT molecular complexity index is 220. The highest BCUT2D eigenvalue weighted by Crippen LogP contribution is 2.19. The van der Waals surface area contributed by atoms with Crippen molar-refractivity contribution >= 4 is 12.1 Å². The Morgan fingerprint density at radius 2 is 2.00 bits per heavy atom. The second-order valence-corrected chi connectivity index (χ2v) is 3.32. The van der Waals surface area contributed by atoms with Crippen LogP contribution in [-0.4, -0.2) is 53.5 Å². The van der Waals surface area contributed by atoms with Gasteiger partial charge in [0, 0.05) is 13.7 Å². The highest BCUT2D eigenvalue weighted by molar-refractivity contribution is 5.72. The molecule has 0 aromatic carbocycles. The van der Waals surface area contributed by atoms with Crippen LogP contribution in [0.4, 0.5) is 4.79 Å². The van der Waals surface area contributed by atoms with E-state index >= 15 is 0 Å². The molecular formula is C8H13NO5. The molecule has 1 aliphatic heterocycles. The van der Waals surface area contributed by atoms with Crippen LogP contribution in [0.2, 0.25) is 0 Å². The maximum absolute atomic E-state index is 10.7. The average Bonchev–Trinajstić information content (AvgIpc) is 2.16. The molecule has 0 aromatic rings. The van der Waals surface area contributed by atoms with Crippen molar-refractivity contribution in [3.05, 3.63) is 0 Å². The molecule has 1 rings (SSSR count). The fraction of sp³-hybridized carbons (Fsp3) is 0.750. The summed E-state index contributed by atoms with van der Waals surface area (Å²) >= 11 is 0. The summed E-state index contributed by atoms with van der Waals surface area (Å²) in [5.41, 5.74) is 0. The van der Waals surface area contributed by atoms with Gasteiger partial charge in [0.1, 0.15) is 0 Å². The SMILES string of the molecule is CO[C@H]1C[C@H](C(=O)O)CN(C(=O)O)C1. The van der Waals surface area contributed by atoms with Gasteiger partial charge in [0.15, 0.2) is 0 Å². The number of hydrogen-bond acceptors (Lipinski definition) is 3. The molecule has 0 bridgehead atoms. The van der Waals surface area contributed by atoms with Crippen LogP contribution in [0.25, 0.3) is 0 Å². The van der Waals surface area contributed by atoms with Crippen molar-refractivity contribution in [2.75, 3.05) is 20.2 Å². The quantitative estimate of drug-likeness (QED) is 0.664. The number of nitrogens with zero attached hydrogens (tertiary/aromatic N) is 1. The molecule has 6 heteroatoms. The van der Waals surface area contributed by atoms with Gasteiger partial charge in [0.05, 0.1) is 18.6 Å². The molecule has 0 unspecified atom stereocenters. The maximum Gasteiger partial charge on any atom is 0.407 e. The minimum absolute atomic E-state index is 0.0462. The maximum atomic E-state index is 10.7. The first kappa shape index (κ1) is 10.8. The van der Waals surface area contributed by atoms with Gasteiger partial charge in [-0.2, -0.15) is 0 Å². The summed E-state index contributed by atoms with van der Waals surface area (Å²) in [6.45, 7) is 0.292. The summed E-state index contributed by atoms with van der Waals surface area (Å²) in [6, 6.07) is 0. The molecule has 1 saturated heterocycles. The third kappa shape index (κ3) is 2.35. The van der Waals surface area contributed by atoms with Gasteiger partial charge in [-0.1, -0.05) is 0 Å². The largest absolute Gasteiger partial charge is 0.481 e. The molecule has 0 radical (unpaired) electrons. The summed E-state index contributed by atoms with van der Waals surface area (Å²) in [5.74, 6) is -1.64. The monoisotopic (exact) mass is 203 g/mol. The molecule has 1 aliphatic rings. The number of carboxylic acid groups (broad SMARTS) is 2. The van der Waals surface area contributed by atoms with Gasteiger partial charge in [-0.05, 0) is 6.42 Å². The fourth-order valence-corrected chi connectivity index (χ4v) is 1.56. The minimum Gasteiger partial charge on any atom is -0.481 e. The highest BCUT2D eigenvalue weighted by atomic mass is 16.5. The lowest BCUT2D eigenvalue weighted by Crippen LogP contribution is -2.48. The van der Waals surface area contributed by atoms with Crippen LogP contribution in [0.3, 0.4) is 0 Å². The number of likely N-dealkylation sites (tertiary alicyclic amines) is 1. The Hall–Kier alpha value is -1.30. The van der Waals surface area contributed by atoms with E-state index in [0.29, 0.717) is 6.42 Å². The Morgan fingerprint density at radius 1 is 1.36 bits per heavy atom. The predicted molar refractivity (Wildman–Crippen MR) is 46.1 cm³/mol. The van der Waals surface area contributed by atoms with Gasteiger partial charge < -0.3 is 19.8 Å². The minimum atomic E-state index is -1.10. The van der Waals surface area contributed by atoms with Gasteiger partial charge >= 0.3 is 12.1 Å². The van der Waals surface area contributed by atoms with Crippen molar-refractivity contribution in [2.24, 2.45) is 5.92 Å². The van der Waals surface area contributed by atoms with E-state index in [1.807, 2.05) is 0 Å². The number of carbonyl (C=O) groups is 2. The molecular weight excluding hydrogens is 190 g/mol. The van der Waals surface area contributed by atoms with Gasteiger partial charge in [-0.25, -0.2) is 4.79 Å².